The van der Waals surface area contributed by atoms with Gasteiger partial charge < -0.3 is 25.8 Å². The highest BCUT2D eigenvalue weighted by atomic mass is 16.5. The van der Waals surface area contributed by atoms with Crippen LogP contribution in [0.25, 0.3) is 0 Å². The zero-order chi connectivity index (χ0) is 36.8. The third-order valence-electron chi connectivity index (χ3n) is 8.36. The van der Waals surface area contributed by atoms with Crippen LogP contribution in [0.5, 0.6) is 0 Å². The van der Waals surface area contributed by atoms with E-state index in [1.165, 1.54) is 16.7 Å². The van der Waals surface area contributed by atoms with Crippen LogP contribution < -0.4 is 16.4 Å². The van der Waals surface area contributed by atoms with Crippen molar-refractivity contribution in [3.8, 4) is 0 Å². The summed E-state index contributed by atoms with van der Waals surface area (Å²) in [6.45, 7) is 7.32. The van der Waals surface area contributed by atoms with Gasteiger partial charge in [0.1, 0.15) is 0 Å². The lowest BCUT2D eigenvalue weighted by molar-refractivity contribution is 0.0524. The van der Waals surface area contributed by atoms with Crippen LogP contribution in [-0.2, 0) is 55.2 Å². The number of hydrogen-bond acceptors (Lipinski definition) is 10. The first-order valence-corrected chi connectivity index (χ1v) is 18.2. The van der Waals surface area contributed by atoms with Crippen molar-refractivity contribution >= 4 is 6.03 Å². The van der Waals surface area contributed by atoms with Gasteiger partial charge in [-0.3, -0.25) is 29.7 Å². The van der Waals surface area contributed by atoms with E-state index in [4.69, 9.17) is 15.2 Å². The average Bonchev–Trinajstić information content (AvgIpc) is 3.18. The molecule has 278 valence electrons. The van der Waals surface area contributed by atoms with Crippen LogP contribution >= 0.6 is 0 Å². The summed E-state index contributed by atoms with van der Waals surface area (Å²) in [6.07, 6.45) is 7.98. The largest absolute Gasteiger partial charge is 0.378 e. The van der Waals surface area contributed by atoms with E-state index >= 15 is 0 Å². The fourth-order valence-electron chi connectivity index (χ4n) is 5.90. The second-order valence-corrected chi connectivity index (χ2v) is 12.6. The lowest BCUT2D eigenvalue weighted by Gasteiger charge is -2.25. The Hall–Kier alpha value is -5.11. The highest BCUT2D eigenvalue weighted by Gasteiger charge is 2.16. The summed E-state index contributed by atoms with van der Waals surface area (Å²) >= 11 is 0. The number of nitrogens with zero attached hydrogens (tertiary/aromatic N) is 6. The first-order chi connectivity index (χ1) is 26.1. The van der Waals surface area contributed by atoms with E-state index in [-0.39, 0.29) is 6.03 Å². The van der Waals surface area contributed by atoms with E-state index in [2.05, 4.69) is 82.8 Å². The van der Waals surface area contributed by atoms with Crippen LogP contribution in [-0.4, -0.2) is 81.8 Å². The molecule has 5 rings (SSSR count). The molecule has 53 heavy (non-hydrogen) atoms. The number of nitrogens with one attached hydrogen (secondary N) is 2. The summed E-state index contributed by atoms with van der Waals surface area (Å²) in [5, 5.41) is 5.91. The molecule has 0 saturated heterocycles. The molecule has 0 atom stereocenters. The van der Waals surface area contributed by atoms with Gasteiger partial charge >= 0.3 is 6.03 Å². The number of hydrogen-bond donors (Lipinski definition) is 3. The van der Waals surface area contributed by atoms with Crippen LogP contribution in [0.15, 0.2) is 116 Å². The Kier molecular flexibility index (Phi) is 16.8. The van der Waals surface area contributed by atoms with Crippen molar-refractivity contribution in [1.82, 2.24) is 40.4 Å². The maximum absolute atomic E-state index is 12.7. The van der Waals surface area contributed by atoms with Crippen molar-refractivity contribution < 1.29 is 14.3 Å². The van der Waals surface area contributed by atoms with Gasteiger partial charge in [0, 0.05) is 83.7 Å². The van der Waals surface area contributed by atoms with Gasteiger partial charge in [-0.25, -0.2) is 4.79 Å². The normalized spacial score (nSPS) is 11.2. The molecular formula is C41H51N9O3. The zero-order valence-electron chi connectivity index (χ0n) is 30.4. The number of carbonyl (C=O) groups is 1. The molecule has 0 aliphatic rings. The van der Waals surface area contributed by atoms with Crippen molar-refractivity contribution in [2.45, 2.75) is 45.7 Å². The van der Waals surface area contributed by atoms with Gasteiger partial charge in [0.05, 0.1) is 49.2 Å². The van der Waals surface area contributed by atoms with Gasteiger partial charge in [0.2, 0.25) is 0 Å². The van der Waals surface area contributed by atoms with E-state index in [9.17, 15) is 4.79 Å². The van der Waals surface area contributed by atoms with Crippen molar-refractivity contribution in [3.05, 3.63) is 155 Å². The van der Waals surface area contributed by atoms with Crippen LogP contribution in [0, 0.1) is 0 Å². The molecule has 2 amide bonds. The summed E-state index contributed by atoms with van der Waals surface area (Å²) in [7, 11) is 0. The Bertz CT molecular complexity index is 1650. The van der Waals surface area contributed by atoms with Gasteiger partial charge in [-0.05, 0) is 71.6 Å². The summed E-state index contributed by atoms with van der Waals surface area (Å²) in [5.41, 5.74) is 13.0. The number of pyridine rings is 4. The molecule has 1 aromatic carbocycles. The highest BCUT2D eigenvalue weighted by Crippen LogP contribution is 2.21. The van der Waals surface area contributed by atoms with Gasteiger partial charge in [-0.1, -0.05) is 42.5 Å². The minimum atomic E-state index is -0.227. The number of nitrogens with two attached hydrogens (primary N) is 1. The molecule has 12 heteroatoms. The lowest BCUT2D eigenvalue weighted by Crippen LogP contribution is -2.38. The Morgan fingerprint density at radius 2 is 1.04 bits per heavy atom. The standard InChI is InChI=1S/C41H51N9O3/c42-16-23-52-25-26-53-24-22-48-41(51)47-21-15-35-27-34(28-49(30-37-9-1-5-17-43-37)31-38-10-2-6-18-44-38)13-14-36(35)29-50(32-39-11-3-7-19-45-39)33-40-12-4-8-20-46-40/h1-14,17-20,27H,15-16,21-26,28-33,42H2,(H2,47,48,51). The number of aromatic nitrogens is 4. The van der Waals surface area contributed by atoms with Gasteiger partial charge in [-0.2, -0.15) is 0 Å². The third-order valence-corrected chi connectivity index (χ3v) is 8.36. The average molecular weight is 718 g/mol. The second kappa shape index (κ2) is 22.7. The Labute approximate surface area is 312 Å². The van der Waals surface area contributed by atoms with E-state index in [1.807, 2.05) is 73.3 Å². The van der Waals surface area contributed by atoms with E-state index in [0.717, 1.165) is 22.8 Å². The number of benzene rings is 1. The molecule has 0 bridgehead atoms. The Balaban J connectivity index is 1.30. The van der Waals surface area contributed by atoms with Crippen molar-refractivity contribution in [1.29, 1.82) is 0 Å². The molecule has 0 saturated carbocycles. The number of carbonyl (C=O) groups excluding carboxylic acids is 1. The number of amides is 2. The summed E-state index contributed by atoms with van der Waals surface area (Å²) in [5.74, 6) is 0. The third kappa shape index (κ3) is 14.8. The van der Waals surface area contributed by atoms with Crippen LogP contribution in [0.4, 0.5) is 4.79 Å². The molecular weight excluding hydrogens is 667 g/mol. The van der Waals surface area contributed by atoms with Gasteiger partial charge in [0.25, 0.3) is 0 Å². The van der Waals surface area contributed by atoms with Crippen LogP contribution in [0.1, 0.15) is 39.5 Å². The number of urea groups is 1. The second-order valence-electron chi connectivity index (χ2n) is 12.6. The fourth-order valence-corrected chi connectivity index (χ4v) is 5.90. The topological polar surface area (TPSA) is 144 Å². The molecule has 0 aliphatic heterocycles. The Morgan fingerprint density at radius 3 is 1.53 bits per heavy atom. The van der Waals surface area contributed by atoms with Crippen molar-refractivity contribution in [2.75, 3.05) is 46.1 Å². The molecule has 4 heterocycles. The monoisotopic (exact) mass is 717 g/mol. The number of ether oxygens (including phenoxy) is 2. The van der Waals surface area contributed by atoms with Crippen molar-refractivity contribution in [2.24, 2.45) is 5.73 Å². The number of rotatable bonds is 23. The first-order valence-electron chi connectivity index (χ1n) is 18.2. The molecule has 4 N–H and O–H groups in total. The van der Waals surface area contributed by atoms with Crippen LogP contribution in [0.3, 0.4) is 0 Å². The molecule has 4 aromatic heterocycles. The summed E-state index contributed by atoms with van der Waals surface area (Å²) in [6, 6.07) is 30.5. The van der Waals surface area contributed by atoms with E-state index in [1.54, 1.807) is 0 Å². The Morgan fingerprint density at radius 1 is 0.547 bits per heavy atom. The van der Waals surface area contributed by atoms with Gasteiger partial charge in [0.15, 0.2) is 0 Å². The first kappa shape index (κ1) is 39.1. The predicted molar refractivity (Wildman–Crippen MR) is 205 cm³/mol. The summed E-state index contributed by atoms with van der Waals surface area (Å²) in [4.78, 5) is 35.8. The molecule has 5 aromatic rings. The smallest absolute Gasteiger partial charge is 0.314 e. The molecule has 0 fully saturated rings. The zero-order valence-corrected chi connectivity index (χ0v) is 30.4. The lowest BCUT2D eigenvalue weighted by atomic mass is 9.99. The molecule has 0 unspecified atom stereocenters. The van der Waals surface area contributed by atoms with Crippen LogP contribution in [0.2, 0.25) is 0 Å². The molecule has 0 spiro atoms. The SMILES string of the molecule is NCCOCCOCCNC(=O)NCCc1cc(CN(Cc2ccccn2)Cc2ccccn2)ccc1CN(Cc1ccccn1)Cc1ccccn1. The fraction of sp³-hybridized carbons (Fsp3) is 0.341. The molecule has 0 aliphatic carbocycles. The minimum absolute atomic E-state index is 0.227. The van der Waals surface area contributed by atoms with E-state index < -0.39 is 0 Å². The van der Waals surface area contributed by atoms with Gasteiger partial charge in [-0.15, -0.1) is 0 Å². The molecule has 12 nitrogen and oxygen atoms in total. The highest BCUT2D eigenvalue weighted by molar-refractivity contribution is 5.73. The maximum Gasteiger partial charge on any atom is 0.314 e. The maximum atomic E-state index is 12.7. The quantitative estimate of drug-likeness (QED) is 0.0827. The predicted octanol–water partition coefficient (Wildman–Crippen LogP) is 4.51. The van der Waals surface area contributed by atoms with Crippen molar-refractivity contribution in [3.63, 3.8) is 0 Å². The minimum Gasteiger partial charge on any atom is -0.378 e. The summed E-state index contributed by atoms with van der Waals surface area (Å²) < 4.78 is 10.8. The molecule has 0 radical (unpaired) electrons. The van der Waals surface area contributed by atoms with E-state index in [0.29, 0.717) is 91.8 Å².